The number of rotatable bonds is 33. The molecule has 0 aliphatic heterocycles. The van der Waals surface area contributed by atoms with Crippen molar-refractivity contribution in [2.45, 2.75) is 207 Å². The van der Waals surface area contributed by atoms with Gasteiger partial charge in [-0.25, -0.2) is 0 Å². The van der Waals surface area contributed by atoms with Crippen molar-refractivity contribution in [3.63, 3.8) is 0 Å². The van der Waals surface area contributed by atoms with Crippen molar-refractivity contribution < 1.29 is 9.90 Å². The van der Waals surface area contributed by atoms with Gasteiger partial charge < -0.3 is 21.4 Å². The molecule has 4 nitrogen and oxygen atoms in total. The van der Waals surface area contributed by atoms with Gasteiger partial charge in [0.25, 0.3) is 0 Å². The van der Waals surface area contributed by atoms with Gasteiger partial charge in [0, 0.05) is 13.3 Å². The van der Waals surface area contributed by atoms with Crippen LogP contribution in [0.15, 0.2) is 0 Å². The zero-order valence-electron chi connectivity index (χ0n) is 30.1. The number of carbonyl (C=O) groups excluding carboxylic acids is 1. The SMILES string of the molecule is CCCCCCCCCCCCCC[P+](CCCCCC)(CCCCCC)CCCCCC.NCCCCC(N)C(=O)[O-]. The van der Waals surface area contributed by atoms with Crippen LogP contribution >= 0.6 is 7.26 Å². The second-order valence-electron chi connectivity index (χ2n) is 13.5. The number of hydrogen-bond donors (Lipinski definition) is 2. The Hall–Kier alpha value is -0.180. The van der Waals surface area contributed by atoms with Gasteiger partial charge in [0.2, 0.25) is 0 Å². The van der Waals surface area contributed by atoms with Crippen LogP contribution < -0.4 is 16.6 Å². The third kappa shape index (κ3) is 33.0. The molecule has 0 aromatic carbocycles. The topological polar surface area (TPSA) is 92.2 Å². The van der Waals surface area contributed by atoms with Gasteiger partial charge in [-0.1, -0.05) is 137 Å². The van der Waals surface area contributed by atoms with Gasteiger partial charge in [0.05, 0.1) is 30.6 Å². The highest BCUT2D eigenvalue weighted by molar-refractivity contribution is 7.75. The molecule has 0 aliphatic rings. The molecule has 4 N–H and O–H groups in total. The van der Waals surface area contributed by atoms with Crippen LogP contribution in [0.3, 0.4) is 0 Å². The lowest BCUT2D eigenvalue weighted by molar-refractivity contribution is -0.307. The van der Waals surface area contributed by atoms with Crippen LogP contribution in [-0.2, 0) is 4.79 Å². The lowest BCUT2D eigenvalue weighted by Crippen LogP contribution is -2.41. The first-order valence-electron chi connectivity index (χ1n) is 19.4. The molecule has 5 heteroatoms. The standard InChI is InChI=1S/C32H68P.C6H14N2O2/c1-5-9-13-17-18-19-20-21-22-23-24-28-32-33(29-25-14-10-6-2,30-26-15-11-7-3)31-27-16-12-8-4;7-4-2-1-3-5(8)6(9)10/h5-32H2,1-4H3;5H,1-4,7-8H2,(H,9,10)/q+1;/p-1. The van der Waals surface area contributed by atoms with Crippen LogP contribution in [0.4, 0.5) is 0 Å². The monoisotopic (exact) mass is 629 g/mol. The van der Waals surface area contributed by atoms with Crippen molar-refractivity contribution in [2.24, 2.45) is 11.5 Å². The molecule has 0 aliphatic carbocycles. The zero-order valence-corrected chi connectivity index (χ0v) is 31.0. The van der Waals surface area contributed by atoms with E-state index in [9.17, 15) is 9.90 Å². The Morgan fingerprint density at radius 2 is 0.767 bits per heavy atom. The highest BCUT2D eigenvalue weighted by atomic mass is 31.2. The number of unbranched alkanes of at least 4 members (excludes halogenated alkanes) is 21. The summed E-state index contributed by atoms with van der Waals surface area (Å²) in [5.41, 5.74) is 10.3. The number of hydrogen-bond acceptors (Lipinski definition) is 4. The Morgan fingerprint density at radius 1 is 0.488 bits per heavy atom. The van der Waals surface area contributed by atoms with Crippen molar-refractivity contribution in [2.75, 3.05) is 31.2 Å². The second kappa shape index (κ2) is 36.3. The first-order chi connectivity index (χ1) is 20.9. The first kappa shape index (κ1) is 44.9. The molecule has 0 rings (SSSR count). The summed E-state index contributed by atoms with van der Waals surface area (Å²) in [6.07, 6.45) is 44.1. The van der Waals surface area contributed by atoms with Gasteiger partial charge >= 0.3 is 0 Å². The number of carboxylic acids is 1. The minimum Gasteiger partial charge on any atom is -0.548 e. The third-order valence-electron chi connectivity index (χ3n) is 9.22. The summed E-state index contributed by atoms with van der Waals surface area (Å²) in [4.78, 5) is 10.0. The number of nitrogens with two attached hydrogens (primary N) is 2. The molecule has 260 valence electrons. The molecular formula is C38H81N2O2P. The van der Waals surface area contributed by atoms with E-state index in [1.165, 1.54) is 128 Å². The maximum Gasteiger partial charge on any atom is 0.0594 e. The van der Waals surface area contributed by atoms with E-state index in [0.29, 0.717) is 13.0 Å². The van der Waals surface area contributed by atoms with Crippen molar-refractivity contribution in [3.8, 4) is 0 Å². The van der Waals surface area contributed by atoms with E-state index in [1.54, 1.807) is 50.3 Å². The van der Waals surface area contributed by atoms with E-state index in [4.69, 9.17) is 11.5 Å². The molecule has 1 unspecified atom stereocenters. The molecule has 0 saturated heterocycles. The van der Waals surface area contributed by atoms with E-state index in [1.807, 2.05) is 0 Å². The van der Waals surface area contributed by atoms with Crippen LogP contribution in [0.25, 0.3) is 0 Å². The Morgan fingerprint density at radius 3 is 1.05 bits per heavy atom. The van der Waals surface area contributed by atoms with Gasteiger partial charge in [0.15, 0.2) is 0 Å². The predicted octanol–water partition coefficient (Wildman–Crippen LogP) is 10.6. The average molecular weight is 629 g/mol. The fraction of sp³-hybridized carbons (Fsp3) is 0.974. The van der Waals surface area contributed by atoms with E-state index in [0.717, 1.165) is 12.8 Å². The quantitative estimate of drug-likeness (QED) is 0.0558. The highest BCUT2D eigenvalue weighted by Gasteiger charge is 2.34. The summed E-state index contributed by atoms with van der Waals surface area (Å²) >= 11 is 0. The number of aliphatic carboxylic acids is 1. The molecule has 0 saturated carbocycles. The highest BCUT2D eigenvalue weighted by Crippen LogP contribution is 2.61. The summed E-state index contributed by atoms with van der Waals surface area (Å²) < 4.78 is 0. The smallest absolute Gasteiger partial charge is 0.0594 e. The first-order valence-corrected chi connectivity index (χ1v) is 22.0. The van der Waals surface area contributed by atoms with E-state index in [-0.39, 0.29) is 0 Å². The van der Waals surface area contributed by atoms with Crippen LogP contribution in [-0.4, -0.2) is 43.2 Å². The van der Waals surface area contributed by atoms with Crippen LogP contribution in [0.2, 0.25) is 0 Å². The maximum absolute atomic E-state index is 10.0. The molecule has 0 aromatic rings. The lowest BCUT2D eigenvalue weighted by Gasteiger charge is -2.28. The average Bonchev–Trinajstić information content (AvgIpc) is 3.00. The van der Waals surface area contributed by atoms with E-state index in [2.05, 4.69) is 27.7 Å². The van der Waals surface area contributed by atoms with Crippen molar-refractivity contribution in [3.05, 3.63) is 0 Å². The van der Waals surface area contributed by atoms with Gasteiger partial charge in [0.1, 0.15) is 0 Å². The fourth-order valence-corrected chi connectivity index (χ4v) is 11.1. The maximum atomic E-state index is 10.0. The van der Waals surface area contributed by atoms with Crippen molar-refractivity contribution in [1.82, 2.24) is 0 Å². The summed E-state index contributed by atoms with van der Waals surface area (Å²) in [6, 6.07) is -0.827. The molecule has 43 heavy (non-hydrogen) atoms. The van der Waals surface area contributed by atoms with Gasteiger partial charge in [-0.3, -0.25) is 0 Å². The molecule has 0 aromatic heterocycles. The Bertz CT molecular complexity index is 515. The summed E-state index contributed by atoms with van der Waals surface area (Å²) in [6.45, 7) is 10.00. The third-order valence-corrected chi connectivity index (χ3v) is 14.3. The largest absolute Gasteiger partial charge is 0.548 e. The molecule has 0 spiro atoms. The number of carbonyl (C=O) groups is 1. The Balaban J connectivity index is 0. The van der Waals surface area contributed by atoms with Crippen LogP contribution in [0.5, 0.6) is 0 Å². The number of carboxylic acid groups (broad SMARTS) is 1. The van der Waals surface area contributed by atoms with Gasteiger partial charge in [-0.2, -0.15) is 0 Å². The van der Waals surface area contributed by atoms with E-state index >= 15 is 0 Å². The van der Waals surface area contributed by atoms with Crippen molar-refractivity contribution in [1.29, 1.82) is 0 Å². The zero-order chi connectivity index (χ0) is 32.3. The molecule has 0 fully saturated rings. The minimum absolute atomic E-state index is 0.458. The second-order valence-corrected chi connectivity index (χ2v) is 18.0. The molecule has 0 heterocycles. The fourth-order valence-electron chi connectivity index (χ4n) is 6.21. The van der Waals surface area contributed by atoms with Crippen LogP contribution in [0, 0.1) is 0 Å². The molecular weight excluding hydrogens is 547 g/mol. The molecule has 0 radical (unpaired) electrons. The lowest BCUT2D eigenvalue weighted by atomic mass is 10.1. The summed E-state index contributed by atoms with van der Waals surface area (Å²) in [5.74, 6) is -1.18. The van der Waals surface area contributed by atoms with Crippen molar-refractivity contribution >= 4 is 13.2 Å². The Kier molecular flexibility index (Phi) is 37.9. The van der Waals surface area contributed by atoms with Gasteiger partial charge in [-0.15, -0.1) is 0 Å². The van der Waals surface area contributed by atoms with Crippen LogP contribution in [0.1, 0.15) is 201 Å². The molecule has 0 amide bonds. The summed E-state index contributed by atoms with van der Waals surface area (Å²) in [7, 11) is -0.697. The Labute approximate surface area is 272 Å². The van der Waals surface area contributed by atoms with Gasteiger partial charge in [-0.05, 0) is 70.8 Å². The normalized spacial score (nSPS) is 12.2. The summed E-state index contributed by atoms with van der Waals surface area (Å²) in [5, 5.41) is 10.0. The molecule has 0 bridgehead atoms. The van der Waals surface area contributed by atoms with E-state index < -0.39 is 19.3 Å². The minimum atomic E-state index is -1.18. The predicted molar refractivity (Wildman–Crippen MR) is 196 cm³/mol. The molecule has 1 atom stereocenters.